The van der Waals surface area contributed by atoms with E-state index in [1.54, 1.807) is 0 Å². The lowest BCUT2D eigenvalue weighted by Gasteiger charge is -2.08. The van der Waals surface area contributed by atoms with Crippen molar-refractivity contribution in [2.45, 2.75) is 38.4 Å². The van der Waals surface area contributed by atoms with Gasteiger partial charge >= 0.3 is 0 Å². The summed E-state index contributed by atoms with van der Waals surface area (Å²) in [5.74, 6) is 0.721. The maximum atomic E-state index is 5.34. The van der Waals surface area contributed by atoms with E-state index in [0.717, 1.165) is 11.3 Å². The van der Waals surface area contributed by atoms with Crippen LogP contribution in [0.25, 0.3) is 0 Å². The number of nitrogens with zero attached hydrogens (tertiary/aromatic N) is 1. The van der Waals surface area contributed by atoms with Crippen LogP contribution < -0.4 is 5.38 Å². The second kappa shape index (κ2) is 2.46. The first kappa shape index (κ1) is 8.04. The van der Waals surface area contributed by atoms with Crippen LogP contribution in [0.3, 0.4) is 0 Å². The summed E-state index contributed by atoms with van der Waals surface area (Å²) in [6.07, 6.45) is 2.61. The summed E-state index contributed by atoms with van der Waals surface area (Å²) < 4.78 is 5.34. The zero-order chi connectivity index (χ0) is 8.77. The highest BCUT2D eigenvalue weighted by Crippen LogP contribution is 2.38. The average molecular weight is 181 g/mol. The molecule has 0 spiro atoms. The molecule has 1 heterocycles. The Hall–Kier alpha value is -0.573. The van der Waals surface area contributed by atoms with Crippen molar-refractivity contribution in [3.8, 4) is 0 Å². The van der Waals surface area contributed by atoms with Crippen molar-refractivity contribution in [1.29, 1.82) is 0 Å². The Bertz CT molecular complexity index is 283. The van der Waals surface area contributed by atoms with Gasteiger partial charge in [0.05, 0.1) is 5.69 Å². The summed E-state index contributed by atoms with van der Waals surface area (Å²) in [4.78, 5) is 0. The lowest BCUT2D eigenvalue weighted by atomic mass is 10.3. The van der Waals surface area contributed by atoms with E-state index in [2.05, 4.69) is 30.9 Å². The lowest BCUT2D eigenvalue weighted by molar-refractivity contribution is 0.434. The molecule has 3 heteroatoms. The topological polar surface area (TPSA) is 26.0 Å². The minimum Gasteiger partial charge on any atom is -0.366 e. The van der Waals surface area contributed by atoms with E-state index in [1.165, 1.54) is 18.5 Å². The van der Waals surface area contributed by atoms with Gasteiger partial charge in [-0.25, -0.2) is 0 Å². The van der Waals surface area contributed by atoms with Crippen molar-refractivity contribution < 1.29 is 4.52 Å². The third kappa shape index (κ3) is 1.46. The molecule has 0 aliphatic heterocycles. The van der Waals surface area contributed by atoms with Crippen molar-refractivity contribution >= 4 is 13.5 Å². The Morgan fingerprint density at radius 2 is 2.08 bits per heavy atom. The molecule has 0 amide bonds. The van der Waals surface area contributed by atoms with Crippen LogP contribution in [-0.2, 0) is 0 Å². The minimum absolute atomic E-state index is 0.721. The van der Waals surface area contributed by atoms with Gasteiger partial charge in [0, 0.05) is 5.92 Å². The Balaban J connectivity index is 2.23. The zero-order valence-corrected chi connectivity index (χ0v) is 8.92. The molecule has 1 aromatic rings. The molecule has 1 aliphatic rings. The molecule has 12 heavy (non-hydrogen) atoms. The van der Waals surface area contributed by atoms with Gasteiger partial charge in [-0.05, 0) is 18.9 Å². The van der Waals surface area contributed by atoms with E-state index >= 15 is 0 Å². The first-order valence-corrected chi connectivity index (χ1v) is 8.04. The zero-order valence-electron chi connectivity index (χ0n) is 7.92. The SMILES string of the molecule is C[Si](C)(C)c1cc(C2CC2)no1. The van der Waals surface area contributed by atoms with E-state index in [9.17, 15) is 0 Å². The maximum Gasteiger partial charge on any atom is 0.127 e. The van der Waals surface area contributed by atoms with Gasteiger partial charge in [0.15, 0.2) is 0 Å². The van der Waals surface area contributed by atoms with E-state index in [0.29, 0.717) is 0 Å². The van der Waals surface area contributed by atoms with Crippen molar-refractivity contribution in [2.75, 3.05) is 0 Å². The van der Waals surface area contributed by atoms with Crippen LogP contribution >= 0.6 is 0 Å². The molecule has 0 unspecified atom stereocenters. The Morgan fingerprint density at radius 3 is 2.50 bits per heavy atom. The fourth-order valence-corrected chi connectivity index (χ4v) is 2.11. The summed E-state index contributed by atoms with van der Waals surface area (Å²) in [7, 11) is -1.26. The molecule has 1 aromatic heterocycles. The van der Waals surface area contributed by atoms with Gasteiger partial charge < -0.3 is 4.52 Å². The Kier molecular flexibility index (Phi) is 1.65. The van der Waals surface area contributed by atoms with Crippen molar-refractivity contribution in [1.82, 2.24) is 5.16 Å². The van der Waals surface area contributed by atoms with Crippen molar-refractivity contribution in [3.63, 3.8) is 0 Å². The molecule has 0 bridgehead atoms. The number of rotatable bonds is 2. The second-order valence-corrected chi connectivity index (χ2v) is 9.63. The van der Waals surface area contributed by atoms with Gasteiger partial charge in [0.2, 0.25) is 0 Å². The number of aromatic nitrogens is 1. The third-order valence-corrected chi connectivity index (χ3v) is 3.98. The van der Waals surface area contributed by atoms with Gasteiger partial charge in [-0.3, -0.25) is 0 Å². The van der Waals surface area contributed by atoms with Crippen LogP contribution in [0.1, 0.15) is 24.5 Å². The molecule has 1 aliphatic carbocycles. The fraction of sp³-hybridized carbons (Fsp3) is 0.667. The van der Waals surface area contributed by atoms with Crippen LogP contribution in [0.2, 0.25) is 19.6 Å². The molecule has 0 aromatic carbocycles. The quantitative estimate of drug-likeness (QED) is 0.653. The number of hydrogen-bond donors (Lipinski definition) is 0. The van der Waals surface area contributed by atoms with E-state index in [1.807, 2.05) is 0 Å². The molecule has 2 rings (SSSR count). The molecule has 0 atom stereocenters. The molecular formula is C9H15NOSi. The average Bonchev–Trinajstić information content (AvgIpc) is 2.66. The third-order valence-electron chi connectivity index (χ3n) is 2.26. The Morgan fingerprint density at radius 1 is 1.42 bits per heavy atom. The van der Waals surface area contributed by atoms with Crippen LogP contribution in [-0.4, -0.2) is 13.2 Å². The predicted molar refractivity (Wildman–Crippen MR) is 51.5 cm³/mol. The highest BCUT2D eigenvalue weighted by molar-refractivity contribution is 6.87. The molecule has 0 saturated heterocycles. The first-order chi connectivity index (χ1) is 5.57. The maximum absolute atomic E-state index is 5.34. The summed E-state index contributed by atoms with van der Waals surface area (Å²) in [5.41, 5.74) is 1.19. The van der Waals surface area contributed by atoms with Crippen LogP contribution in [0.15, 0.2) is 10.6 Å². The van der Waals surface area contributed by atoms with Crippen LogP contribution in [0.5, 0.6) is 0 Å². The second-order valence-electron chi connectivity index (χ2n) is 4.64. The molecule has 0 N–H and O–H groups in total. The smallest absolute Gasteiger partial charge is 0.127 e. The predicted octanol–water partition coefficient (Wildman–Crippen LogP) is 2.10. The van der Waals surface area contributed by atoms with Gasteiger partial charge in [-0.2, -0.15) is 0 Å². The van der Waals surface area contributed by atoms with Gasteiger partial charge in [-0.1, -0.05) is 24.8 Å². The van der Waals surface area contributed by atoms with E-state index < -0.39 is 8.07 Å². The fourth-order valence-electron chi connectivity index (χ4n) is 1.21. The lowest BCUT2D eigenvalue weighted by Crippen LogP contribution is -2.36. The standard InChI is InChI=1S/C9H15NOSi/c1-12(2,3)9-6-8(10-11-9)7-4-5-7/h6-7H,4-5H2,1-3H3. The molecule has 2 nitrogen and oxygen atoms in total. The van der Waals surface area contributed by atoms with Crippen LogP contribution in [0, 0.1) is 0 Å². The van der Waals surface area contributed by atoms with Crippen LogP contribution in [0.4, 0.5) is 0 Å². The monoisotopic (exact) mass is 181 g/mol. The molecule has 1 fully saturated rings. The van der Waals surface area contributed by atoms with Gasteiger partial charge in [0.25, 0.3) is 0 Å². The molecule has 0 radical (unpaired) electrons. The molecule has 1 saturated carbocycles. The molecular weight excluding hydrogens is 166 g/mol. The van der Waals surface area contributed by atoms with E-state index in [4.69, 9.17) is 4.52 Å². The van der Waals surface area contributed by atoms with Crippen molar-refractivity contribution in [3.05, 3.63) is 11.8 Å². The van der Waals surface area contributed by atoms with E-state index in [-0.39, 0.29) is 0 Å². The number of hydrogen-bond acceptors (Lipinski definition) is 2. The largest absolute Gasteiger partial charge is 0.366 e. The first-order valence-electron chi connectivity index (χ1n) is 4.54. The molecule has 66 valence electrons. The highest BCUT2D eigenvalue weighted by Gasteiger charge is 2.30. The summed E-state index contributed by atoms with van der Waals surface area (Å²) >= 11 is 0. The normalized spacial score (nSPS) is 18.2. The Labute approximate surface area is 74.0 Å². The summed E-state index contributed by atoms with van der Waals surface area (Å²) in [5, 5.41) is 5.25. The minimum atomic E-state index is -1.26. The summed E-state index contributed by atoms with van der Waals surface area (Å²) in [6, 6.07) is 2.17. The highest BCUT2D eigenvalue weighted by atomic mass is 28.3. The van der Waals surface area contributed by atoms with Gasteiger partial charge in [0.1, 0.15) is 13.5 Å². The summed E-state index contributed by atoms with van der Waals surface area (Å²) in [6.45, 7) is 6.85. The van der Waals surface area contributed by atoms with Crippen molar-refractivity contribution in [2.24, 2.45) is 0 Å². The van der Waals surface area contributed by atoms with Gasteiger partial charge in [-0.15, -0.1) is 0 Å².